The smallest absolute Gasteiger partial charge is 0.285 e. The Morgan fingerprint density at radius 2 is 1.24 bits per heavy atom. The maximum Gasteiger partial charge on any atom is 0.285 e. The third kappa shape index (κ3) is 2.85. The van der Waals surface area contributed by atoms with E-state index in [4.69, 9.17) is 0 Å². The van der Waals surface area contributed by atoms with Gasteiger partial charge in [-0.2, -0.15) is 11.6 Å². The summed E-state index contributed by atoms with van der Waals surface area (Å²) >= 11 is 2.01. The van der Waals surface area contributed by atoms with Crippen LogP contribution >= 0.6 is 11.6 Å². The van der Waals surface area contributed by atoms with Crippen molar-refractivity contribution in [3.63, 3.8) is 0 Å². The second kappa shape index (κ2) is 7.69. The summed E-state index contributed by atoms with van der Waals surface area (Å²) < 4.78 is 0. The fourth-order valence-electron chi connectivity index (χ4n) is 7.15. The van der Waals surface area contributed by atoms with Crippen LogP contribution in [0.4, 0.5) is 17.1 Å². The maximum atomic E-state index is 2.57. The molecule has 0 atom stereocenters. The Kier molecular flexibility index (Phi) is 4.46. The molecule has 0 bridgehead atoms. The van der Waals surface area contributed by atoms with Crippen molar-refractivity contribution in [3.05, 3.63) is 114 Å². The van der Waals surface area contributed by atoms with Crippen molar-refractivity contribution in [1.82, 2.24) is 0 Å². The van der Waals surface area contributed by atoms with E-state index in [0.29, 0.717) is 5.99 Å². The SMILES string of the molecule is Cc1cc(C)c(B2c3ccccc3N3c4ccccc4B4Sc5ccccc5-c5ccc2c3c54)c(C)c1. The highest BCUT2D eigenvalue weighted by atomic mass is 32.2. The topological polar surface area (TPSA) is 3.24 Å². The van der Waals surface area contributed by atoms with Crippen molar-refractivity contribution < 1.29 is 0 Å². The zero-order chi connectivity index (χ0) is 24.8. The molecule has 0 spiro atoms. The fourth-order valence-corrected chi connectivity index (χ4v) is 8.55. The lowest BCUT2D eigenvalue weighted by molar-refractivity contribution is 1.30. The van der Waals surface area contributed by atoms with Crippen LogP contribution in [0.25, 0.3) is 11.1 Å². The Morgan fingerprint density at radius 1 is 0.595 bits per heavy atom. The highest BCUT2D eigenvalue weighted by Crippen LogP contribution is 2.46. The van der Waals surface area contributed by atoms with E-state index in [2.05, 4.69) is 123 Å². The quantitative estimate of drug-likeness (QED) is 0.296. The van der Waals surface area contributed by atoms with E-state index in [9.17, 15) is 0 Å². The van der Waals surface area contributed by atoms with Gasteiger partial charge in [-0.05, 0) is 71.9 Å². The first-order chi connectivity index (χ1) is 18.1. The van der Waals surface area contributed by atoms with Crippen LogP contribution in [0, 0.1) is 20.8 Å². The van der Waals surface area contributed by atoms with E-state index in [-0.39, 0.29) is 6.71 Å². The Morgan fingerprint density at radius 3 is 2.03 bits per heavy atom. The summed E-state index contributed by atoms with van der Waals surface area (Å²) in [6.45, 7) is 7.00. The molecule has 0 aliphatic carbocycles. The molecule has 0 saturated heterocycles. The average molecular weight is 489 g/mol. The van der Waals surface area contributed by atoms with Gasteiger partial charge in [0.15, 0.2) is 0 Å². The monoisotopic (exact) mass is 489 g/mol. The summed E-state index contributed by atoms with van der Waals surface area (Å²) in [5.74, 6) is 0.290. The number of anilines is 3. The molecule has 1 nitrogen and oxygen atoms in total. The summed E-state index contributed by atoms with van der Waals surface area (Å²) in [7, 11) is 0. The summed E-state index contributed by atoms with van der Waals surface area (Å²) in [5, 5.41) is 0. The van der Waals surface area contributed by atoms with Crippen LogP contribution < -0.4 is 32.2 Å². The van der Waals surface area contributed by atoms with Crippen LogP contribution in [0.2, 0.25) is 0 Å². The van der Waals surface area contributed by atoms with E-state index in [1.807, 2.05) is 11.6 Å². The number of nitrogens with zero attached hydrogens (tertiary/aromatic N) is 1. The molecule has 174 valence electrons. The van der Waals surface area contributed by atoms with Gasteiger partial charge < -0.3 is 4.90 Å². The average Bonchev–Trinajstić information content (AvgIpc) is 2.91. The van der Waals surface area contributed by atoms with Gasteiger partial charge in [0.2, 0.25) is 6.71 Å². The maximum absolute atomic E-state index is 2.57. The van der Waals surface area contributed by atoms with E-state index in [0.717, 1.165) is 0 Å². The second-order valence-corrected chi connectivity index (χ2v) is 11.8. The number of aryl methyl sites for hydroxylation is 3. The predicted molar refractivity (Wildman–Crippen MR) is 163 cm³/mol. The normalized spacial score (nSPS) is 14.1. The molecule has 0 amide bonds. The lowest BCUT2D eigenvalue weighted by atomic mass is 9.33. The van der Waals surface area contributed by atoms with Crippen molar-refractivity contribution in [2.24, 2.45) is 0 Å². The van der Waals surface area contributed by atoms with E-state index in [1.54, 1.807) is 0 Å². The van der Waals surface area contributed by atoms with Crippen molar-refractivity contribution in [2.45, 2.75) is 25.7 Å². The van der Waals surface area contributed by atoms with Gasteiger partial charge in [-0.3, -0.25) is 0 Å². The van der Waals surface area contributed by atoms with Gasteiger partial charge in [0, 0.05) is 22.0 Å². The zero-order valence-electron chi connectivity index (χ0n) is 21.2. The van der Waals surface area contributed by atoms with Gasteiger partial charge in [0.25, 0.3) is 5.99 Å². The number of fused-ring (bicyclic) bond motifs is 7. The van der Waals surface area contributed by atoms with Crippen LogP contribution in [0.5, 0.6) is 0 Å². The molecule has 4 heteroatoms. The third-order valence-corrected chi connectivity index (χ3v) is 9.78. The Bertz CT molecular complexity index is 1750. The van der Waals surface area contributed by atoms with Gasteiger partial charge in [0.1, 0.15) is 0 Å². The summed E-state index contributed by atoms with van der Waals surface area (Å²) in [4.78, 5) is 3.94. The molecule has 0 unspecified atom stereocenters. The first-order valence-corrected chi connectivity index (χ1v) is 14.0. The predicted octanol–water partition coefficient (Wildman–Crippen LogP) is 5.10. The van der Waals surface area contributed by atoms with Crippen LogP contribution in [-0.4, -0.2) is 12.7 Å². The largest absolute Gasteiger partial charge is 0.312 e. The molecule has 0 aromatic heterocycles. The lowest BCUT2D eigenvalue weighted by Crippen LogP contribution is -2.63. The molecule has 3 aliphatic heterocycles. The second-order valence-electron chi connectivity index (χ2n) is 10.7. The summed E-state index contributed by atoms with van der Waals surface area (Å²) in [6, 6.07) is 36.6. The van der Waals surface area contributed by atoms with Crippen LogP contribution in [0.1, 0.15) is 16.7 Å². The van der Waals surface area contributed by atoms with Crippen LogP contribution in [0.3, 0.4) is 0 Å². The third-order valence-electron chi connectivity index (χ3n) is 8.44. The molecular formula is C33H25B2NS. The first kappa shape index (κ1) is 21.5. The Balaban J connectivity index is 1.52. The van der Waals surface area contributed by atoms with Crippen molar-refractivity contribution in [3.8, 4) is 11.1 Å². The van der Waals surface area contributed by atoms with Crippen molar-refractivity contribution in [1.29, 1.82) is 0 Å². The number of para-hydroxylation sites is 2. The van der Waals surface area contributed by atoms with Gasteiger partial charge in [0.05, 0.1) is 0 Å². The lowest BCUT2D eigenvalue weighted by Gasteiger charge is -2.45. The van der Waals surface area contributed by atoms with Gasteiger partial charge in [-0.15, -0.1) is 0 Å². The minimum atomic E-state index is 0.210. The fraction of sp³-hybridized carbons (Fsp3) is 0.0909. The van der Waals surface area contributed by atoms with E-state index < -0.39 is 0 Å². The molecule has 5 aromatic carbocycles. The minimum Gasteiger partial charge on any atom is -0.312 e. The molecule has 3 aliphatic rings. The Labute approximate surface area is 223 Å². The molecule has 0 radical (unpaired) electrons. The molecule has 3 heterocycles. The van der Waals surface area contributed by atoms with Gasteiger partial charge in [-0.1, -0.05) is 101 Å². The first-order valence-electron chi connectivity index (χ1n) is 13.1. The molecule has 8 rings (SSSR count). The zero-order valence-corrected chi connectivity index (χ0v) is 22.1. The molecule has 0 saturated carbocycles. The highest BCUT2D eigenvalue weighted by molar-refractivity contribution is 8.28. The molecule has 37 heavy (non-hydrogen) atoms. The van der Waals surface area contributed by atoms with E-state index in [1.165, 1.54) is 77.1 Å². The van der Waals surface area contributed by atoms with E-state index >= 15 is 0 Å². The highest BCUT2D eigenvalue weighted by Gasteiger charge is 2.46. The Hall–Kier alpha value is -3.62. The van der Waals surface area contributed by atoms with Crippen LogP contribution in [-0.2, 0) is 0 Å². The van der Waals surface area contributed by atoms with Crippen LogP contribution in [0.15, 0.2) is 102 Å². The number of hydrogen-bond acceptors (Lipinski definition) is 2. The molecule has 0 N–H and O–H groups in total. The van der Waals surface area contributed by atoms with Crippen molar-refractivity contribution >= 4 is 68.7 Å². The number of rotatable bonds is 1. The van der Waals surface area contributed by atoms with Crippen molar-refractivity contribution in [2.75, 3.05) is 4.90 Å². The molecular weight excluding hydrogens is 464 g/mol. The van der Waals surface area contributed by atoms with Gasteiger partial charge >= 0.3 is 0 Å². The summed E-state index contributed by atoms with van der Waals surface area (Å²) in [6.07, 6.45) is 0. The molecule has 0 fully saturated rings. The van der Waals surface area contributed by atoms with Gasteiger partial charge in [-0.25, -0.2) is 0 Å². The number of hydrogen-bond donors (Lipinski definition) is 0. The molecule has 5 aromatic rings. The minimum absolute atomic E-state index is 0.210. The standard InChI is InChI=1S/C33H25B2NS/c1-20-18-21(2)31(22(3)19-20)34-25-11-5-7-13-28(25)36-29-14-8-6-12-26(29)35-32-24(16-17-27(34)33(32)36)23-10-4-9-15-30(23)37-35/h4-19H,1-3H3. The summed E-state index contributed by atoms with van der Waals surface area (Å²) in [5.41, 5.74) is 18.0. The number of benzene rings is 5.